The Morgan fingerprint density at radius 1 is 1.24 bits per heavy atom. The van der Waals surface area contributed by atoms with Crippen molar-refractivity contribution < 1.29 is 19.4 Å². The first-order valence-corrected chi connectivity index (χ1v) is 9.98. The van der Waals surface area contributed by atoms with Gasteiger partial charge in [-0.15, -0.1) is 0 Å². The lowest BCUT2D eigenvalue weighted by molar-refractivity contribution is 0.244. The average Bonchev–Trinajstić information content (AvgIpc) is 3.15. The zero-order valence-electron chi connectivity index (χ0n) is 17.8. The van der Waals surface area contributed by atoms with E-state index in [4.69, 9.17) is 14.6 Å². The second-order valence-electron chi connectivity index (χ2n) is 7.69. The lowest BCUT2D eigenvalue weighted by atomic mass is 9.87. The van der Waals surface area contributed by atoms with Crippen LogP contribution in [-0.2, 0) is 0 Å². The maximum atomic E-state index is 12.2. The minimum absolute atomic E-state index is 0.0711. The quantitative estimate of drug-likeness (QED) is 0.685. The molecular formula is C23H30N2O4. The van der Waals surface area contributed by atoms with Gasteiger partial charge in [0, 0.05) is 23.6 Å². The number of hydrogen-bond donors (Lipinski definition) is 3. The molecule has 1 atom stereocenters. The predicted molar refractivity (Wildman–Crippen MR) is 114 cm³/mol. The monoisotopic (exact) mass is 398 g/mol. The number of benzene rings is 2. The first-order chi connectivity index (χ1) is 13.9. The molecule has 0 fully saturated rings. The summed E-state index contributed by atoms with van der Waals surface area (Å²) in [6, 6.07) is 8.29. The van der Waals surface area contributed by atoms with E-state index >= 15 is 0 Å². The molecule has 1 aliphatic rings. The molecule has 2 amide bonds. The summed E-state index contributed by atoms with van der Waals surface area (Å²) in [6.45, 7) is 8.88. The highest BCUT2D eigenvalue weighted by Gasteiger charge is 2.34. The predicted octanol–water partition coefficient (Wildman–Crippen LogP) is 4.07. The Morgan fingerprint density at radius 2 is 1.93 bits per heavy atom. The van der Waals surface area contributed by atoms with Gasteiger partial charge in [0.2, 0.25) is 0 Å². The topological polar surface area (TPSA) is 79.8 Å². The van der Waals surface area contributed by atoms with Crippen LogP contribution in [0.15, 0.2) is 24.3 Å². The van der Waals surface area contributed by atoms with E-state index in [1.165, 1.54) is 11.1 Å². The molecule has 156 valence electrons. The summed E-state index contributed by atoms with van der Waals surface area (Å²) in [4.78, 5) is 12.2. The highest BCUT2D eigenvalue weighted by molar-refractivity contribution is 5.92. The number of nitrogens with one attached hydrogen (secondary N) is 2. The van der Waals surface area contributed by atoms with Gasteiger partial charge in [0.15, 0.2) is 11.5 Å². The second-order valence-corrected chi connectivity index (χ2v) is 7.69. The van der Waals surface area contributed by atoms with Crippen LogP contribution in [0.3, 0.4) is 0 Å². The zero-order chi connectivity index (χ0) is 21.1. The van der Waals surface area contributed by atoms with Gasteiger partial charge in [-0.25, -0.2) is 4.79 Å². The van der Waals surface area contributed by atoms with Crippen LogP contribution in [0.4, 0.5) is 10.5 Å². The Hall–Kier alpha value is -2.73. The molecule has 0 saturated heterocycles. The van der Waals surface area contributed by atoms with Gasteiger partial charge in [-0.05, 0) is 36.5 Å². The maximum absolute atomic E-state index is 12.2. The molecule has 1 heterocycles. The van der Waals surface area contributed by atoms with E-state index in [-0.39, 0.29) is 25.1 Å². The summed E-state index contributed by atoms with van der Waals surface area (Å²) >= 11 is 0. The van der Waals surface area contributed by atoms with Crippen molar-refractivity contribution in [3.05, 3.63) is 52.1 Å². The minimum Gasteiger partial charge on any atom is -0.492 e. The van der Waals surface area contributed by atoms with Gasteiger partial charge < -0.3 is 25.2 Å². The van der Waals surface area contributed by atoms with Crippen molar-refractivity contribution in [1.29, 1.82) is 0 Å². The molecule has 1 aliphatic heterocycles. The van der Waals surface area contributed by atoms with Crippen LogP contribution in [0.5, 0.6) is 11.5 Å². The Balaban J connectivity index is 2.03. The molecule has 0 bridgehead atoms. The minimum atomic E-state index is -0.357. The molecular weight excluding hydrogens is 368 g/mol. The molecule has 0 aliphatic carbocycles. The molecule has 0 aromatic heterocycles. The van der Waals surface area contributed by atoms with Crippen molar-refractivity contribution in [2.75, 3.05) is 32.2 Å². The van der Waals surface area contributed by atoms with E-state index in [1.54, 1.807) is 7.11 Å². The van der Waals surface area contributed by atoms with E-state index in [9.17, 15) is 4.79 Å². The molecule has 0 spiro atoms. The molecule has 29 heavy (non-hydrogen) atoms. The summed E-state index contributed by atoms with van der Waals surface area (Å²) in [5, 5.41) is 14.5. The Kier molecular flexibility index (Phi) is 6.33. The zero-order valence-corrected chi connectivity index (χ0v) is 17.8. The Bertz CT molecular complexity index is 891. The average molecular weight is 399 g/mol. The van der Waals surface area contributed by atoms with Crippen LogP contribution < -0.4 is 20.1 Å². The van der Waals surface area contributed by atoms with E-state index < -0.39 is 0 Å². The molecule has 1 unspecified atom stereocenters. The van der Waals surface area contributed by atoms with E-state index in [1.807, 2.05) is 13.8 Å². The highest BCUT2D eigenvalue weighted by atomic mass is 16.5. The highest BCUT2D eigenvalue weighted by Crippen LogP contribution is 2.50. The third kappa shape index (κ3) is 4.03. The molecule has 6 heteroatoms. The van der Waals surface area contributed by atoms with Crippen LogP contribution in [0.25, 0.3) is 0 Å². The molecule has 3 N–H and O–H groups in total. The van der Waals surface area contributed by atoms with Crippen LogP contribution in [0, 0.1) is 13.8 Å². The normalized spacial score (nSPS) is 15.1. The molecule has 2 aromatic carbocycles. The fourth-order valence-corrected chi connectivity index (χ4v) is 3.94. The third-order valence-electron chi connectivity index (χ3n) is 5.53. The van der Waals surface area contributed by atoms with Gasteiger partial charge in [-0.1, -0.05) is 38.1 Å². The van der Waals surface area contributed by atoms with Gasteiger partial charge in [0.05, 0.1) is 26.0 Å². The number of ether oxygens (including phenoxy) is 2. The number of amides is 2. The number of urea groups is 1. The number of aliphatic hydroxyl groups is 1. The van der Waals surface area contributed by atoms with Crippen molar-refractivity contribution in [3.63, 3.8) is 0 Å². The molecule has 6 nitrogen and oxygen atoms in total. The number of carbonyl (C=O) groups excluding carboxylic acids is 1. The van der Waals surface area contributed by atoms with E-state index in [0.29, 0.717) is 24.0 Å². The lowest BCUT2D eigenvalue weighted by Gasteiger charge is -2.21. The van der Waals surface area contributed by atoms with Gasteiger partial charge in [0.25, 0.3) is 0 Å². The summed E-state index contributed by atoms with van der Waals surface area (Å²) in [7, 11) is 1.61. The van der Waals surface area contributed by atoms with Crippen molar-refractivity contribution in [2.24, 2.45) is 0 Å². The summed E-state index contributed by atoms with van der Waals surface area (Å²) in [5.74, 6) is 1.95. The largest absolute Gasteiger partial charge is 0.492 e. The van der Waals surface area contributed by atoms with Gasteiger partial charge >= 0.3 is 6.03 Å². The third-order valence-corrected chi connectivity index (χ3v) is 5.53. The SMILES string of the molecule is COc1c(C)c(NC(=O)NCCO)c(C)c2c1OCC2c1ccc(C(C)C)cc1. The number of anilines is 1. The molecule has 0 saturated carbocycles. The van der Waals surface area contributed by atoms with Crippen molar-refractivity contribution in [2.45, 2.75) is 39.5 Å². The van der Waals surface area contributed by atoms with Crippen LogP contribution >= 0.6 is 0 Å². The van der Waals surface area contributed by atoms with Crippen molar-refractivity contribution in [1.82, 2.24) is 5.32 Å². The number of fused-ring (bicyclic) bond motifs is 1. The summed E-state index contributed by atoms with van der Waals surface area (Å²) in [5.41, 5.74) is 6.02. The molecule has 0 radical (unpaired) electrons. The first kappa shape index (κ1) is 21.0. The fraction of sp³-hybridized carbons (Fsp3) is 0.435. The van der Waals surface area contributed by atoms with Gasteiger partial charge in [-0.3, -0.25) is 0 Å². The number of methoxy groups -OCH3 is 1. The Labute approximate surface area is 172 Å². The van der Waals surface area contributed by atoms with E-state index in [0.717, 1.165) is 22.4 Å². The number of aliphatic hydroxyl groups excluding tert-OH is 1. The van der Waals surface area contributed by atoms with Gasteiger partial charge in [-0.2, -0.15) is 0 Å². The lowest BCUT2D eigenvalue weighted by Crippen LogP contribution is -2.31. The van der Waals surface area contributed by atoms with Gasteiger partial charge in [0.1, 0.15) is 0 Å². The molecule has 3 rings (SSSR count). The summed E-state index contributed by atoms with van der Waals surface area (Å²) in [6.07, 6.45) is 0. The fourth-order valence-electron chi connectivity index (χ4n) is 3.94. The maximum Gasteiger partial charge on any atom is 0.319 e. The van der Waals surface area contributed by atoms with Crippen molar-refractivity contribution in [3.8, 4) is 11.5 Å². The Morgan fingerprint density at radius 3 is 2.52 bits per heavy atom. The smallest absolute Gasteiger partial charge is 0.319 e. The molecule has 2 aromatic rings. The van der Waals surface area contributed by atoms with Crippen LogP contribution in [-0.4, -0.2) is 38.0 Å². The number of rotatable bonds is 6. The summed E-state index contributed by atoms with van der Waals surface area (Å²) < 4.78 is 11.7. The number of carbonyl (C=O) groups is 1. The van der Waals surface area contributed by atoms with Crippen LogP contribution in [0.1, 0.15) is 53.5 Å². The van der Waals surface area contributed by atoms with Crippen LogP contribution in [0.2, 0.25) is 0 Å². The number of hydrogen-bond acceptors (Lipinski definition) is 4. The van der Waals surface area contributed by atoms with E-state index in [2.05, 4.69) is 48.7 Å². The van der Waals surface area contributed by atoms with Crippen molar-refractivity contribution >= 4 is 11.7 Å². The first-order valence-electron chi connectivity index (χ1n) is 9.98. The second kappa shape index (κ2) is 8.74. The standard InChI is InChI=1S/C23H30N2O4/c1-13(2)16-6-8-17(9-7-16)18-12-29-22-19(18)14(3)20(15(4)21(22)28-5)25-23(27)24-10-11-26/h6-9,13,18,26H,10-12H2,1-5H3,(H2,24,25,27).